The minimum atomic E-state index is 0.787. The van der Waals surface area contributed by atoms with Gasteiger partial charge in [0.15, 0.2) is 0 Å². The van der Waals surface area contributed by atoms with Crippen molar-refractivity contribution in [3.8, 4) is 0 Å². The van der Waals surface area contributed by atoms with Crippen molar-refractivity contribution in [2.75, 3.05) is 25.5 Å². The van der Waals surface area contributed by atoms with E-state index in [1.165, 1.54) is 39.1 Å². The first-order valence-electron chi connectivity index (χ1n) is 11.4. The van der Waals surface area contributed by atoms with E-state index in [0.29, 0.717) is 0 Å². The SMILES string of the molecule is CCN=C1C=CC(=C(C=C(c2ccccc2)c2ccc(N(C)C)cc2)c2ccccc2)C=C1. The third kappa shape index (κ3) is 5.48. The van der Waals surface area contributed by atoms with Gasteiger partial charge in [0.25, 0.3) is 0 Å². The molecule has 0 saturated heterocycles. The van der Waals surface area contributed by atoms with Gasteiger partial charge in [-0.15, -0.1) is 0 Å². The minimum Gasteiger partial charge on any atom is -0.378 e. The maximum Gasteiger partial charge on any atom is 0.0574 e. The van der Waals surface area contributed by atoms with E-state index in [1.807, 2.05) is 0 Å². The fraction of sp³-hybridized carbons (Fsp3) is 0.129. The average Bonchev–Trinajstić information content (AvgIpc) is 2.87. The standard InChI is InChI=1S/C31H30N2/c1-4-32-28-19-15-26(16-20-28)30(24-11-7-5-8-12-24)23-31(25-13-9-6-10-14-25)27-17-21-29(22-18-27)33(2)3/h5-23H,4H2,1-3H3. The Morgan fingerprint density at radius 2 is 1.24 bits per heavy atom. The van der Waals surface area contributed by atoms with Crippen LogP contribution in [0, 0.1) is 0 Å². The van der Waals surface area contributed by atoms with Crippen molar-refractivity contribution < 1.29 is 0 Å². The Kier molecular flexibility index (Phi) is 7.16. The van der Waals surface area contributed by atoms with Gasteiger partial charge in [-0.25, -0.2) is 0 Å². The molecule has 0 aromatic heterocycles. The molecule has 0 bridgehead atoms. The maximum absolute atomic E-state index is 4.53. The summed E-state index contributed by atoms with van der Waals surface area (Å²) < 4.78 is 0. The second-order valence-electron chi connectivity index (χ2n) is 8.17. The monoisotopic (exact) mass is 430 g/mol. The molecular formula is C31H30N2. The number of aliphatic imine (C=N–C) groups is 1. The molecule has 3 aromatic rings. The summed E-state index contributed by atoms with van der Waals surface area (Å²) in [5.74, 6) is 0. The molecule has 4 rings (SSSR count). The van der Waals surface area contributed by atoms with Gasteiger partial charge in [-0.2, -0.15) is 0 Å². The Balaban J connectivity index is 1.90. The van der Waals surface area contributed by atoms with E-state index in [2.05, 4.69) is 146 Å². The highest BCUT2D eigenvalue weighted by molar-refractivity contribution is 6.07. The molecule has 0 spiro atoms. The van der Waals surface area contributed by atoms with Crippen molar-refractivity contribution in [1.29, 1.82) is 0 Å². The van der Waals surface area contributed by atoms with Crippen LogP contribution in [0.3, 0.4) is 0 Å². The van der Waals surface area contributed by atoms with Crippen LogP contribution in [-0.2, 0) is 0 Å². The quantitative estimate of drug-likeness (QED) is 0.403. The summed E-state index contributed by atoms with van der Waals surface area (Å²) in [6.45, 7) is 2.85. The Labute approximate surface area is 197 Å². The van der Waals surface area contributed by atoms with Gasteiger partial charge in [0, 0.05) is 26.3 Å². The van der Waals surface area contributed by atoms with Gasteiger partial charge in [-0.3, -0.25) is 4.99 Å². The highest BCUT2D eigenvalue weighted by Crippen LogP contribution is 2.32. The van der Waals surface area contributed by atoms with Gasteiger partial charge < -0.3 is 4.90 Å². The second-order valence-corrected chi connectivity index (χ2v) is 8.17. The molecule has 0 saturated carbocycles. The molecule has 2 nitrogen and oxygen atoms in total. The van der Waals surface area contributed by atoms with Crippen LogP contribution in [0.25, 0.3) is 11.1 Å². The lowest BCUT2D eigenvalue weighted by molar-refractivity contribution is 1.13. The zero-order valence-corrected chi connectivity index (χ0v) is 19.6. The zero-order valence-electron chi connectivity index (χ0n) is 19.6. The number of benzene rings is 3. The van der Waals surface area contributed by atoms with Gasteiger partial charge in [0.1, 0.15) is 0 Å². The molecule has 0 heterocycles. The number of hydrogen-bond acceptors (Lipinski definition) is 2. The van der Waals surface area contributed by atoms with Crippen molar-refractivity contribution in [3.05, 3.63) is 138 Å². The topological polar surface area (TPSA) is 15.6 Å². The second kappa shape index (κ2) is 10.6. The molecule has 0 N–H and O–H groups in total. The lowest BCUT2D eigenvalue weighted by atomic mass is 9.90. The van der Waals surface area contributed by atoms with Gasteiger partial charge in [-0.05, 0) is 70.7 Å². The number of nitrogens with zero attached hydrogens (tertiary/aromatic N) is 2. The van der Waals surface area contributed by atoms with Gasteiger partial charge in [0.05, 0.1) is 5.71 Å². The summed E-state index contributed by atoms with van der Waals surface area (Å²) in [4.78, 5) is 6.65. The van der Waals surface area contributed by atoms with Crippen LogP contribution in [0.4, 0.5) is 5.69 Å². The van der Waals surface area contributed by atoms with Crippen molar-refractivity contribution in [2.45, 2.75) is 6.92 Å². The first-order chi connectivity index (χ1) is 16.2. The number of anilines is 1. The van der Waals surface area contributed by atoms with Crippen molar-refractivity contribution in [2.24, 2.45) is 4.99 Å². The fourth-order valence-electron chi connectivity index (χ4n) is 3.91. The van der Waals surface area contributed by atoms with E-state index in [9.17, 15) is 0 Å². The predicted molar refractivity (Wildman–Crippen MR) is 144 cm³/mol. The molecule has 0 atom stereocenters. The van der Waals surface area contributed by atoms with E-state index >= 15 is 0 Å². The molecular weight excluding hydrogens is 400 g/mol. The van der Waals surface area contributed by atoms with Gasteiger partial charge in [0.2, 0.25) is 0 Å². The van der Waals surface area contributed by atoms with Crippen molar-refractivity contribution in [1.82, 2.24) is 0 Å². The molecule has 0 aliphatic heterocycles. The largest absolute Gasteiger partial charge is 0.378 e. The first kappa shape index (κ1) is 22.3. The van der Waals surface area contributed by atoms with Crippen LogP contribution in [0.1, 0.15) is 23.6 Å². The summed E-state index contributed by atoms with van der Waals surface area (Å²) in [7, 11) is 4.14. The summed E-state index contributed by atoms with van der Waals surface area (Å²) in [6.07, 6.45) is 10.9. The van der Waals surface area contributed by atoms with Crippen molar-refractivity contribution in [3.63, 3.8) is 0 Å². The van der Waals surface area contributed by atoms with E-state index in [-0.39, 0.29) is 0 Å². The number of rotatable bonds is 6. The first-order valence-corrected chi connectivity index (χ1v) is 11.4. The van der Waals surface area contributed by atoms with Crippen LogP contribution >= 0.6 is 0 Å². The van der Waals surface area contributed by atoms with E-state index in [1.54, 1.807) is 0 Å². The van der Waals surface area contributed by atoms with E-state index < -0.39 is 0 Å². The number of allylic oxidation sites excluding steroid dienone is 7. The molecule has 3 aromatic carbocycles. The van der Waals surface area contributed by atoms with Gasteiger partial charge >= 0.3 is 0 Å². The Bertz CT molecular complexity index is 1210. The van der Waals surface area contributed by atoms with Crippen LogP contribution in [0.5, 0.6) is 0 Å². The molecule has 164 valence electrons. The normalized spacial score (nSPS) is 13.2. The number of hydrogen-bond donors (Lipinski definition) is 0. The molecule has 0 radical (unpaired) electrons. The van der Waals surface area contributed by atoms with Gasteiger partial charge in [-0.1, -0.05) is 84.9 Å². The van der Waals surface area contributed by atoms with E-state index in [0.717, 1.165) is 12.3 Å². The van der Waals surface area contributed by atoms with E-state index in [4.69, 9.17) is 0 Å². The molecule has 0 unspecified atom stereocenters. The lowest BCUT2D eigenvalue weighted by Crippen LogP contribution is -2.08. The van der Waals surface area contributed by atoms with Crippen LogP contribution in [-0.4, -0.2) is 26.4 Å². The zero-order chi connectivity index (χ0) is 23.0. The summed E-state index contributed by atoms with van der Waals surface area (Å²) in [6, 6.07) is 30.0. The Hall–Kier alpha value is -3.91. The Morgan fingerprint density at radius 3 is 1.79 bits per heavy atom. The summed E-state index contributed by atoms with van der Waals surface area (Å²) in [5, 5.41) is 0. The van der Waals surface area contributed by atoms with Crippen molar-refractivity contribution >= 4 is 22.5 Å². The molecule has 0 amide bonds. The smallest absolute Gasteiger partial charge is 0.0574 e. The summed E-state index contributed by atoms with van der Waals surface area (Å²) in [5.41, 5.74) is 9.34. The van der Waals surface area contributed by atoms with Crippen LogP contribution in [0.2, 0.25) is 0 Å². The molecule has 2 heteroatoms. The highest BCUT2D eigenvalue weighted by atomic mass is 15.1. The molecule has 1 aliphatic rings. The Morgan fingerprint density at radius 1 is 0.697 bits per heavy atom. The lowest BCUT2D eigenvalue weighted by Gasteiger charge is -2.16. The minimum absolute atomic E-state index is 0.787. The average molecular weight is 431 g/mol. The molecule has 1 aliphatic carbocycles. The molecule has 0 fully saturated rings. The van der Waals surface area contributed by atoms with Crippen LogP contribution in [0.15, 0.2) is 126 Å². The molecule has 33 heavy (non-hydrogen) atoms. The highest BCUT2D eigenvalue weighted by Gasteiger charge is 2.11. The third-order valence-electron chi connectivity index (χ3n) is 5.67. The predicted octanol–water partition coefficient (Wildman–Crippen LogP) is 7.23. The maximum atomic E-state index is 4.53. The van der Waals surface area contributed by atoms with Crippen LogP contribution < -0.4 is 4.90 Å². The summed E-state index contributed by atoms with van der Waals surface area (Å²) >= 11 is 0. The third-order valence-corrected chi connectivity index (χ3v) is 5.67. The fourth-order valence-corrected chi connectivity index (χ4v) is 3.91.